The highest BCUT2D eigenvalue weighted by atomic mass is 32.2. The SMILES string of the molecule is Nc1ccccc1SC1CC(=O)Nc2ccccc2S1. The van der Waals surface area contributed by atoms with E-state index in [1.165, 1.54) is 0 Å². The van der Waals surface area contributed by atoms with Crippen molar-refractivity contribution in [3.8, 4) is 0 Å². The predicted molar refractivity (Wildman–Crippen MR) is 86.0 cm³/mol. The van der Waals surface area contributed by atoms with Crippen molar-refractivity contribution in [2.75, 3.05) is 11.1 Å². The molecule has 20 heavy (non-hydrogen) atoms. The first-order valence-corrected chi connectivity index (χ1v) is 8.05. The summed E-state index contributed by atoms with van der Waals surface area (Å²) in [6.07, 6.45) is 0.471. The lowest BCUT2D eigenvalue weighted by atomic mass is 10.3. The highest BCUT2D eigenvalue weighted by Crippen LogP contribution is 2.43. The zero-order valence-electron chi connectivity index (χ0n) is 10.7. The highest BCUT2D eigenvalue weighted by molar-refractivity contribution is 8.17. The molecule has 1 unspecified atom stereocenters. The molecule has 1 aliphatic heterocycles. The van der Waals surface area contributed by atoms with Gasteiger partial charge in [0.15, 0.2) is 0 Å². The van der Waals surface area contributed by atoms with Gasteiger partial charge in [-0.05, 0) is 24.3 Å². The fourth-order valence-corrected chi connectivity index (χ4v) is 4.62. The van der Waals surface area contributed by atoms with Gasteiger partial charge >= 0.3 is 0 Å². The van der Waals surface area contributed by atoms with Crippen LogP contribution in [0.2, 0.25) is 0 Å². The van der Waals surface area contributed by atoms with Crippen molar-refractivity contribution in [1.29, 1.82) is 0 Å². The standard InChI is InChI=1S/C15H14N2OS2/c16-10-5-1-3-7-12(10)19-15-9-14(18)17-11-6-2-4-8-13(11)20-15/h1-8,15H,9,16H2,(H,17,18). The molecule has 1 aliphatic rings. The molecule has 5 heteroatoms. The third-order valence-electron chi connectivity index (χ3n) is 2.95. The summed E-state index contributed by atoms with van der Waals surface area (Å²) >= 11 is 3.36. The van der Waals surface area contributed by atoms with E-state index in [0.29, 0.717) is 6.42 Å². The summed E-state index contributed by atoms with van der Waals surface area (Å²) in [6.45, 7) is 0. The maximum absolute atomic E-state index is 12.0. The molecule has 1 amide bonds. The van der Waals surface area contributed by atoms with Crippen molar-refractivity contribution in [3.63, 3.8) is 0 Å². The number of fused-ring (bicyclic) bond motifs is 1. The third-order valence-corrected chi connectivity index (χ3v) is 5.62. The number of para-hydroxylation sites is 2. The van der Waals surface area contributed by atoms with Crippen molar-refractivity contribution in [1.82, 2.24) is 0 Å². The van der Waals surface area contributed by atoms with Gasteiger partial charge in [0.1, 0.15) is 0 Å². The van der Waals surface area contributed by atoms with E-state index in [-0.39, 0.29) is 10.5 Å². The van der Waals surface area contributed by atoms with Gasteiger partial charge in [-0.1, -0.05) is 24.3 Å². The Morgan fingerprint density at radius 3 is 2.75 bits per heavy atom. The number of anilines is 2. The van der Waals surface area contributed by atoms with Gasteiger partial charge in [0.2, 0.25) is 5.91 Å². The largest absolute Gasteiger partial charge is 0.398 e. The van der Waals surface area contributed by atoms with Crippen LogP contribution in [0.5, 0.6) is 0 Å². The molecule has 0 aliphatic carbocycles. The smallest absolute Gasteiger partial charge is 0.226 e. The lowest BCUT2D eigenvalue weighted by molar-refractivity contribution is -0.115. The van der Waals surface area contributed by atoms with Gasteiger partial charge in [0, 0.05) is 21.9 Å². The number of rotatable bonds is 2. The Bertz CT molecular complexity index is 645. The second-order valence-electron chi connectivity index (χ2n) is 4.45. The van der Waals surface area contributed by atoms with Crippen LogP contribution in [-0.2, 0) is 4.79 Å². The molecule has 2 aromatic rings. The average Bonchev–Trinajstić information content (AvgIpc) is 2.58. The Kier molecular flexibility index (Phi) is 3.89. The lowest BCUT2D eigenvalue weighted by Crippen LogP contribution is -2.13. The molecule has 3 N–H and O–H groups in total. The third kappa shape index (κ3) is 2.94. The Labute approximate surface area is 126 Å². The van der Waals surface area contributed by atoms with E-state index in [1.807, 2.05) is 48.5 Å². The van der Waals surface area contributed by atoms with E-state index in [1.54, 1.807) is 23.5 Å². The van der Waals surface area contributed by atoms with Crippen molar-refractivity contribution in [2.24, 2.45) is 0 Å². The van der Waals surface area contributed by atoms with Crippen LogP contribution in [0.25, 0.3) is 0 Å². The maximum Gasteiger partial charge on any atom is 0.226 e. The van der Waals surface area contributed by atoms with E-state index in [9.17, 15) is 4.79 Å². The van der Waals surface area contributed by atoms with E-state index in [2.05, 4.69) is 5.32 Å². The molecule has 0 fully saturated rings. The van der Waals surface area contributed by atoms with E-state index in [0.717, 1.165) is 21.2 Å². The van der Waals surface area contributed by atoms with Gasteiger partial charge in [0.05, 0.1) is 10.3 Å². The molecule has 0 saturated carbocycles. The zero-order chi connectivity index (χ0) is 13.9. The number of carbonyl (C=O) groups excluding carboxylic acids is 1. The second kappa shape index (κ2) is 5.81. The lowest BCUT2D eigenvalue weighted by Gasteiger charge is -2.13. The molecule has 102 valence electrons. The van der Waals surface area contributed by atoms with Crippen LogP contribution in [0, 0.1) is 0 Å². The van der Waals surface area contributed by atoms with Crippen LogP contribution in [-0.4, -0.2) is 10.5 Å². The molecule has 0 spiro atoms. The van der Waals surface area contributed by atoms with Gasteiger partial charge in [0.25, 0.3) is 0 Å². The van der Waals surface area contributed by atoms with Crippen LogP contribution >= 0.6 is 23.5 Å². The first-order valence-electron chi connectivity index (χ1n) is 6.29. The first kappa shape index (κ1) is 13.4. The van der Waals surface area contributed by atoms with Crippen LogP contribution in [0.1, 0.15) is 6.42 Å². The number of nitrogens with one attached hydrogen (secondary N) is 1. The van der Waals surface area contributed by atoms with E-state index >= 15 is 0 Å². The van der Waals surface area contributed by atoms with Gasteiger partial charge in [-0.25, -0.2) is 0 Å². The van der Waals surface area contributed by atoms with Crippen molar-refractivity contribution in [3.05, 3.63) is 48.5 Å². The van der Waals surface area contributed by atoms with E-state index in [4.69, 9.17) is 5.73 Å². The molecule has 1 heterocycles. The number of amides is 1. The van der Waals surface area contributed by atoms with Crippen molar-refractivity contribution < 1.29 is 4.79 Å². The Hall–Kier alpha value is -1.59. The number of nitrogens with two attached hydrogens (primary N) is 1. The Morgan fingerprint density at radius 1 is 1.15 bits per heavy atom. The minimum atomic E-state index is 0.0504. The summed E-state index contributed by atoms with van der Waals surface area (Å²) < 4.78 is 0.128. The number of benzene rings is 2. The number of hydrogen-bond acceptors (Lipinski definition) is 4. The van der Waals surface area contributed by atoms with Crippen LogP contribution in [0.4, 0.5) is 11.4 Å². The number of thioether (sulfide) groups is 2. The summed E-state index contributed by atoms with van der Waals surface area (Å²) in [6, 6.07) is 15.7. The molecule has 1 atom stereocenters. The van der Waals surface area contributed by atoms with Crippen LogP contribution in [0.15, 0.2) is 58.3 Å². The number of nitrogen functional groups attached to an aromatic ring is 1. The molecule has 0 bridgehead atoms. The van der Waals surface area contributed by atoms with Gasteiger partial charge in [-0.3, -0.25) is 4.79 Å². The molecular weight excluding hydrogens is 288 g/mol. The maximum atomic E-state index is 12.0. The van der Waals surface area contributed by atoms with Crippen LogP contribution < -0.4 is 11.1 Å². The van der Waals surface area contributed by atoms with Crippen LogP contribution in [0.3, 0.4) is 0 Å². The van der Waals surface area contributed by atoms with Gasteiger partial charge in [-0.2, -0.15) is 0 Å². The molecule has 0 aromatic heterocycles. The summed E-state index contributed by atoms with van der Waals surface area (Å²) in [7, 11) is 0. The fourth-order valence-electron chi connectivity index (χ4n) is 2.00. The quantitative estimate of drug-likeness (QED) is 0.828. The second-order valence-corrected chi connectivity index (χ2v) is 7.24. The Balaban J connectivity index is 1.84. The highest BCUT2D eigenvalue weighted by Gasteiger charge is 2.23. The number of hydrogen-bond donors (Lipinski definition) is 2. The summed E-state index contributed by atoms with van der Waals surface area (Å²) in [5.74, 6) is 0.0504. The monoisotopic (exact) mass is 302 g/mol. The molecule has 2 aromatic carbocycles. The molecule has 0 saturated heterocycles. The normalized spacial score (nSPS) is 18.0. The minimum Gasteiger partial charge on any atom is -0.398 e. The fraction of sp³-hybridized carbons (Fsp3) is 0.133. The van der Waals surface area contributed by atoms with Gasteiger partial charge in [-0.15, -0.1) is 23.5 Å². The summed E-state index contributed by atoms with van der Waals surface area (Å²) in [5, 5.41) is 2.95. The van der Waals surface area contributed by atoms with Crippen molar-refractivity contribution in [2.45, 2.75) is 20.8 Å². The first-order chi connectivity index (χ1) is 9.72. The molecular formula is C15H14N2OS2. The van der Waals surface area contributed by atoms with Crippen molar-refractivity contribution >= 4 is 40.8 Å². The average molecular weight is 302 g/mol. The minimum absolute atomic E-state index is 0.0504. The summed E-state index contributed by atoms with van der Waals surface area (Å²) in [5.41, 5.74) is 7.63. The summed E-state index contributed by atoms with van der Waals surface area (Å²) in [4.78, 5) is 14.1. The molecule has 0 radical (unpaired) electrons. The molecule has 3 nitrogen and oxygen atoms in total. The topological polar surface area (TPSA) is 55.1 Å². The predicted octanol–water partition coefficient (Wildman–Crippen LogP) is 3.82. The zero-order valence-corrected chi connectivity index (χ0v) is 12.3. The van der Waals surface area contributed by atoms with E-state index < -0.39 is 0 Å². The molecule has 3 rings (SSSR count). The number of carbonyl (C=O) groups is 1. The Morgan fingerprint density at radius 2 is 1.90 bits per heavy atom. The van der Waals surface area contributed by atoms with Gasteiger partial charge < -0.3 is 11.1 Å².